The van der Waals surface area contributed by atoms with Gasteiger partial charge in [0.05, 0.1) is 5.70 Å². The van der Waals surface area contributed by atoms with Crippen LogP contribution in [0.1, 0.15) is 44.2 Å². The Hall–Kier alpha value is -2.90. The van der Waals surface area contributed by atoms with Crippen LogP contribution in [0.15, 0.2) is 65.2 Å². The lowest BCUT2D eigenvalue weighted by Crippen LogP contribution is -2.49. The summed E-state index contributed by atoms with van der Waals surface area (Å²) in [6.45, 7) is 15.5. The standard InChI is InChI=1S/C30H42FN5O/c1-6-11-36(18-23-9-12-35(13-10-23)19-25-8-7-20(2)14-26(25)31)30-21(3)15-24(17-34-30)16-33-28-27(32-5)22(4)29(28)37/h7-8,14-15,17,23,30,32-34H,4,6,9-13,16,18-19H2,1-3,5H3. The van der Waals surface area contributed by atoms with Crippen molar-refractivity contribution in [3.8, 4) is 0 Å². The van der Waals surface area contributed by atoms with Crippen LogP contribution in [0.2, 0.25) is 0 Å². The third-order valence-corrected chi connectivity index (χ3v) is 7.72. The summed E-state index contributed by atoms with van der Waals surface area (Å²) in [5.74, 6) is 0.529. The lowest BCUT2D eigenvalue weighted by molar-refractivity contribution is -0.113. The molecule has 3 N–H and O–H groups in total. The molecule has 6 nitrogen and oxygen atoms in total. The average Bonchev–Trinajstić information content (AvgIpc) is 2.88. The van der Waals surface area contributed by atoms with E-state index >= 15 is 0 Å². The van der Waals surface area contributed by atoms with E-state index in [0.29, 0.717) is 30.3 Å². The van der Waals surface area contributed by atoms with Crippen LogP contribution in [0.3, 0.4) is 0 Å². The zero-order valence-corrected chi connectivity index (χ0v) is 22.8. The van der Waals surface area contributed by atoms with Gasteiger partial charge in [0.2, 0.25) is 5.78 Å². The summed E-state index contributed by atoms with van der Waals surface area (Å²) in [4.78, 5) is 17.0. The van der Waals surface area contributed by atoms with Crippen molar-refractivity contribution in [1.29, 1.82) is 0 Å². The minimum Gasteiger partial charge on any atom is -0.386 e. The largest absolute Gasteiger partial charge is 0.386 e. The molecule has 2 heterocycles. The first-order chi connectivity index (χ1) is 17.8. The van der Waals surface area contributed by atoms with E-state index < -0.39 is 0 Å². The van der Waals surface area contributed by atoms with Crippen molar-refractivity contribution in [2.24, 2.45) is 5.92 Å². The van der Waals surface area contributed by atoms with Crippen molar-refractivity contribution >= 4 is 5.78 Å². The molecule has 1 atom stereocenters. The molecule has 0 saturated carbocycles. The van der Waals surface area contributed by atoms with Crippen LogP contribution in [0, 0.1) is 18.7 Å². The summed E-state index contributed by atoms with van der Waals surface area (Å²) in [5, 5.41) is 9.93. The van der Waals surface area contributed by atoms with Gasteiger partial charge in [0, 0.05) is 50.6 Å². The Morgan fingerprint density at radius 1 is 1.22 bits per heavy atom. The number of hydrogen-bond donors (Lipinski definition) is 3. The van der Waals surface area contributed by atoms with Gasteiger partial charge < -0.3 is 16.0 Å². The van der Waals surface area contributed by atoms with Crippen LogP contribution < -0.4 is 16.0 Å². The van der Waals surface area contributed by atoms with Crippen LogP contribution in [0.25, 0.3) is 0 Å². The summed E-state index contributed by atoms with van der Waals surface area (Å²) in [6.07, 6.45) is 7.85. The lowest BCUT2D eigenvalue weighted by Gasteiger charge is -2.39. The predicted molar refractivity (Wildman–Crippen MR) is 148 cm³/mol. The van der Waals surface area contributed by atoms with E-state index in [-0.39, 0.29) is 17.8 Å². The first-order valence-corrected chi connectivity index (χ1v) is 13.5. The summed E-state index contributed by atoms with van der Waals surface area (Å²) in [5.41, 5.74) is 6.13. The van der Waals surface area contributed by atoms with E-state index in [2.05, 4.69) is 58.5 Å². The number of aryl methyl sites for hydroxylation is 1. The van der Waals surface area contributed by atoms with Crippen molar-refractivity contribution < 1.29 is 9.18 Å². The molecular weight excluding hydrogens is 465 g/mol. The molecule has 1 aliphatic carbocycles. The maximum absolute atomic E-state index is 14.3. The van der Waals surface area contributed by atoms with Gasteiger partial charge in [0.15, 0.2) is 0 Å². The van der Waals surface area contributed by atoms with Crippen LogP contribution in [0.5, 0.6) is 0 Å². The van der Waals surface area contributed by atoms with Crippen LogP contribution in [-0.2, 0) is 11.3 Å². The number of likely N-dealkylation sites (tertiary alicyclic amines) is 1. The van der Waals surface area contributed by atoms with Gasteiger partial charge in [-0.2, -0.15) is 0 Å². The SMILES string of the molecule is C=C1C(=O)C(NCC2=CNC(N(CCC)CC3CCN(Cc4ccc(C)cc4F)CC3)C(C)=C2)=C1NC. The van der Waals surface area contributed by atoms with Crippen LogP contribution in [0.4, 0.5) is 4.39 Å². The summed E-state index contributed by atoms with van der Waals surface area (Å²) in [6, 6.07) is 5.56. The normalized spacial score (nSPS) is 21.0. The van der Waals surface area contributed by atoms with E-state index in [1.807, 2.05) is 19.1 Å². The third-order valence-electron chi connectivity index (χ3n) is 7.72. The van der Waals surface area contributed by atoms with Gasteiger partial charge in [-0.15, -0.1) is 0 Å². The number of dihydropyridines is 1. The first-order valence-electron chi connectivity index (χ1n) is 13.5. The number of benzene rings is 1. The summed E-state index contributed by atoms with van der Waals surface area (Å²) in [7, 11) is 1.81. The van der Waals surface area contributed by atoms with E-state index in [4.69, 9.17) is 0 Å². The Labute approximate surface area is 221 Å². The maximum Gasteiger partial charge on any atom is 0.212 e. The van der Waals surface area contributed by atoms with Crippen LogP contribution in [-0.4, -0.2) is 61.5 Å². The molecule has 4 rings (SSSR count). The number of allylic oxidation sites excluding steroid dienone is 2. The number of likely N-dealkylation sites (N-methyl/N-ethyl adjacent to an activating group) is 1. The number of Topliss-reactive ketones (excluding diaryl/α,β-unsaturated/α-hetero) is 1. The average molecular weight is 508 g/mol. The smallest absolute Gasteiger partial charge is 0.212 e. The molecule has 0 aromatic heterocycles. The number of nitrogens with zero attached hydrogens (tertiary/aromatic N) is 2. The molecule has 1 saturated heterocycles. The number of carbonyl (C=O) groups is 1. The topological polar surface area (TPSA) is 59.6 Å². The third kappa shape index (κ3) is 6.33. The molecule has 7 heteroatoms. The van der Waals surface area contributed by atoms with Gasteiger partial charge in [-0.1, -0.05) is 31.7 Å². The second kappa shape index (κ2) is 12.1. The van der Waals surface area contributed by atoms with Gasteiger partial charge in [0.1, 0.15) is 17.7 Å². The number of ketones is 1. The quantitative estimate of drug-likeness (QED) is 0.394. The Bertz CT molecular complexity index is 1110. The molecular formula is C30H42FN5O. The summed E-state index contributed by atoms with van der Waals surface area (Å²) < 4.78 is 14.3. The summed E-state index contributed by atoms with van der Waals surface area (Å²) >= 11 is 0. The lowest BCUT2D eigenvalue weighted by atomic mass is 9.93. The molecule has 0 spiro atoms. The van der Waals surface area contributed by atoms with Gasteiger partial charge >= 0.3 is 0 Å². The minimum absolute atomic E-state index is 0.0172. The van der Waals surface area contributed by atoms with Gasteiger partial charge in [-0.25, -0.2) is 4.39 Å². The molecule has 1 aromatic rings. The highest BCUT2D eigenvalue weighted by Gasteiger charge is 2.31. The van der Waals surface area contributed by atoms with Gasteiger partial charge in [-0.05, 0) is 74.9 Å². The molecule has 200 valence electrons. The second-order valence-electron chi connectivity index (χ2n) is 10.6. The first kappa shape index (κ1) is 27.1. The molecule has 2 aliphatic heterocycles. The van der Waals surface area contributed by atoms with Gasteiger partial charge in [-0.3, -0.25) is 14.6 Å². The Morgan fingerprint density at radius 3 is 2.62 bits per heavy atom. The maximum atomic E-state index is 14.3. The Morgan fingerprint density at radius 2 is 1.97 bits per heavy atom. The Kier molecular flexibility index (Phi) is 8.87. The van der Waals surface area contributed by atoms with Crippen molar-refractivity contribution in [2.45, 2.75) is 52.7 Å². The highest BCUT2D eigenvalue weighted by atomic mass is 19.1. The number of hydrogen-bond acceptors (Lipinski definition) is 6. The van der Waals surface area contributed by atoms with Crippen molar-refractivity contribution in [3.05, 3.63) is 82.1 Å². The van der Waals surface area contributed by atoms with Crippen molar-refractivity contribution in [1.82, 2.24) is 25.8 Å². The molecule has 37 heavy (non-hydrogen) atoms. The van der Waals surface area contributed by atoms with E-state index in [9.17, 15) is 9.18 Å². The van der Waals surface area contributed by atoms with Crippen molar-refractivity contribution in [2.75, 3.05) is 39.8 Å². The van der Waals surface area contributed by atoms with Gasteiger partial charge in [0.25, 0.3) is 0 Å². The number of piperidine rings is 1. The molecule has 1 unspecified atom stereocenters. The van der Waals surface area contributed by atoms with E-state index in [0.717, 1.165) is 67.8 Å². The van der Waals surface area contributed by atoms with E-state index in [1.54, 1.807) is 13.1 Å². The fourth-order valence-corrected chi connectivity index (χ4v) is 5.62. The molecule has 0 radical (unpaired) electrons. The molecule has 0 bridgehead atoms. The predicted octanol–water partition coefficient (Wildman–Crippen LogP) is 3.98. The van der Waals surface area contributed by atoms with Crippen LogP contribution >= 0.6 is 0 Å². The highest BCUT2D eigenvalue weighted by Crippen LogP contribution is 2.26. The zero-order chi connectivity index (χ0) is 26.5. The van der Waals surface area contributed by atoms with E-state index in [1.165, 1.54) is 5.57 Å². The second-order valence-corrected chi connectivity index (χ2v) is 10.6. The number of carbonyl (C=O) groups excluding carboxylic acids is 1. The number of nitrogens with one attached hydrogen (secondary N) is 3. The minimum atomic E-state index is -0.0894. The fourth-order valence-electron chi connectivity index (χ4n) is 5.62. The fraction of sp³-hybridized carbons (Fsp3) is 0.500. The number of halogens is 1. The molecule has 1 fully saturated rings. The molecule has 1 aromatic carbocycles. The number of rotatable bonds is 11. The highest BCUT2D eigenvalue weighted by molar-refractivity contribution is 6.18. The van der Waals surface area contributed by atoms with Crippen molar-refractivity contribution in [3.63, 3.8) is 0 Å². The monoisotopic (exact) mass is 507 g/mol. The molecule has 3 aliphatic rings. The Balaban J connectivity index is 1.28. The molecule has 0 amide bonds. The zero-order valence-electron chi connectivity index (χ0n) is 22.8.